The third-order valence-electron chi connectivity index (χ3n) is 5.61. The Hall–Kier alpha value is -1.40. The molecule has 2 aliphatic rings. The monoisotopic (exact) mass is 283 g/mol. The van der Waals surface area contributed by atoms with Gasteiger partial charge in [-0.15, -0.1) is 0 Å². The molecular formula is C19H25NO. The van der Waals surface area contributed by atoms with Gasteiger partial charge in [-0.25, -0.2) is 4.79 Å². The van der Waals surface area contributed by atoms with Crippen molar-refractivity contribution in [2.24, 2.45) is 10.9 Å². The Balaban J connectivity index is 1.97. The van der Waals surface area contributed by atoms with Crippen LogP contribution >= 0.6 is 0 Å². The van der Waals surface area contributed by atoms with Crippen LogP contribution in [0.15, 0.2) is 29.3 Å². The van der Waals surface area contributed by atoms with E-state index in [1.165, 1.54) is 49.7 Å². The number of hydrogen-bond donors (Lipinski definition) is 0. The number of nitrogens with zero attached hydrogens (tertiary/aromatic N) is 1. The topological polar surface area (TPSA) is 29.4 Å². The summed E-state index contributed by atoms with van der Waals surface area (Å²) in [4.78, 5) is 15.3. The van der Waals surface area contributed by atoms with Crippen molar-refractivity contribution >= 4 is 6.08 Å². The molecule has 2 saturated carbocycles. The van der Waals surface area contributed by atoms with E-state index < -0.39 is 0 Å². The normalized spacial score (nSPS) is 28.0. The average molecular weight is 283 g/mol. The second kappa shape index (κ2) is 6.15. The summed E-state index contributed by atoms with van der Waals surface area (Å²) in [6.07, 6.45) is 11.4. The zero-order valence-electron chi connectivity index (χ0n) is 13.0. The highest BCUT2D eigenvalue weighted by atomic mass is 16.1. The summed E-state index contributed by atoms with van der Waals surface area (Å²) >= 11 is 0. The molecule has 0 saturated heterocycles. The molecule has 0 spiro atoms. The predicted molar refractivity (Wildman–Crippen MR) is 85.1 cm³/mol. The van der Waals surface area contributed by atoms with Crippen LogP contribution in [0.1, 0.15) is 75.3 Å². The number of hydrogen-bond acceptors (Lipinski definition) is 2. The maximum absolute atomic E-state index is 11.0. The molecule has 1 aromatic rings. The molecule has 2 fully saturated rings. The first-order valence-electron chi connectivity index (χ1n) is 8.43. The first kappa shape index (κ1) is 14.5. The maximum atomic E-state index is 11.0. The number of rotatable bonds is 3. The molecule has 1 aromatic carbocycles. The Labute approximate surface area is 127 Å². The highest BCUT2D eigenvalue weighted by Gasteiger charge is 2.38. The summed E-state index contributed by atoms with van der Waals surface area (Å²) in [7, 11) is 0. The number of benzene rings is 1. The zero-order valence-corrected chi connectivity index (χ0v) is 13.0. The predicted octanol–water partition coefficient (Wildman–Crippen LogP) is 5.09. The molecule has 0 amide bonds. The summed E-state index contributed by atoms with van der Waals surface area (Å²) in [5.74, 6) is 1.51. The third kappa shape index (κ3) is 2.82. The van der Waals surface area contributed by atoms with Crippen molar-refractivity contribution in [3.05, 3.63) is 35.4 Å². The first-order valence-corrected chi connectivity index (χ1v) is 8.43. The van der Waals surface area contributed by atoms with Gasteiger partial charge in [0, 0.05) is 0 Å². The summed E-state index contributed by atoms with van der Waals surface area (Å²) in [5.41, 5.74) is 2.48. The van der Waals surface area contributed by atoms with Crippen LogP contribution in [0.2, 0.25) is 0 Å². The lowest BCUT2D eigenvalue weighted by Gasteiger charge is -2.32. The molecule has 2 nitrogen and oxygen atoms in total. The molecule has 0 bridgehead atoms. The van der Waals surface area contributed by atoms with Gasteiger partial charge in [-0.3, -0.25) is 0 Å². The lowest BCUT2D eigenvalue weighted by atomic mass is 9.74. The second-order valence-electron chi connectivity index (χ2n) is 6.99. The molecule has 112 valence electrons. The van der Waals surface area contributed by atoms with Gasteiger partial charge in [0.05, 0.1) is 5.54 Å². The third-order valence-corrected chi connectivity index (χ3v) is 5.61. The minimum absolute atomic E-state index is 0.276. The van der Waals surface area contributed by atoms with Crippen LogP contribution in [-0.2, 0) is 10.3 Å². The number of carbonyl (C=O) groups excluding carboxylic acids is 1. The van der Waals surface area contributed by atoms with Crippen LogP contribution in [0.4, 0.5) is 0 Å². The highest BCUT2D eigenvalue weighted by molar-refractivity contribution is 5.43. The van der Waals surface area contributed by atoms with E-state index in [-0.39, 0.29) is 5.54 Å². The van der Waals surface area contributed by atoms with E-state index in [1.54, 1.807) is 0 Å². The summed E-state index contributed by atoms with van der Waals surface area (Å²) in [6.45, 7) is 2.36. The molecule has 2 heteroatoms. The Morgan fingerprint density at radius 1 is 1.10 bits per heavy atom. The van der Waals surface area contributed by atoms with Crippen molar-refractivity contribution in [3.63, 3.8) is 0 Å². The van der Waals surface area contributed by atoms with Crippen LogP contribution in [0.25, 0.3) is 0 Å². The van der Waals surface area contributed by atoms with Crippen LogP contribution in [0.3, 0.4) is 0 Å². The Kier molecular flexibility index (Phi) is 4.26. The Bertz CT molecular complexity index is 530. The lowest BCUT2D eigenvalue weighted by Crippen LogP contribution is -2.23. The molecule has 0 atom stereocenters. The van der Waals surface area contributed by atoms with E-state index in [4.69, 9.17) is 0 Å². The molecule has 0 aliphatic heterocycles. The lowest BCUT2D eigenvalue weighted by molar-refractivity contribution is 0.342. The second-order valence-corrected chi connectivity index (χ2v) is 6.99. The van der Waals surface area contributed by atoms with Crippen molar-refractivity contribution in [1.82, 2.24) is 0 Å². The fourth-order valence-electron chi connectivity index (χ4n) is 4.34. The first-order chi connectivity index (χ1) is 10.2. The van der Waals surface area contributed by atoms with Gasteiger partial charge in [0.15, 0.2) is 0 Å². The maximum Gasteiger partial charge on any atom is 0.235 e. The molecule has 21 heavy (non-hydrogen) atoms. The van der Waals surface area contributed by atoms with E-state index in [0.29, 0.717) is 5.92 Å². The summed E-state index contributed by atoms with van der Waals surface area (Å²) < 4.78 is 0. The molecule has 2 aliphatic carbocycles. The Morgan fingerprint density at radius 2 is 1.76 bits per heavy atom. The zero-order chi connectivity index (χ0) is 14.7. The van der Waals surface area contributed by atoms with Gasteiger partial charge >= 0.3 is 0 Å². The fourth-order valence-corrected chi connectivity index (χ4v) is 4.34. The van der Waals surface area contributed by atoms with Crippen LogP contribution in [0.5, 0.6) is 0 Å². The molecular weight excluding hydrogens is 258 g/mol. The van der Waals surface area contributed by atoms with E-state index in [1.807, 2.05) is 6.08 Å². The van der Waals surface area contributed by atoms with Gasteiger partial charge < -0.3 is 0 Å². The van der Waals surface area contributed by atoms with E-state index in [2.05, 4.69) is 36.2 Å². The average Bonchev–Trinajstić information content (AvgIpc) is 2.98. The SMILES string of the molecule is CC1CCC(c2ccccc2C2(N=C=O)CCCC2)CC1. The van der Waals surface area contributed by atoms with Crippen molar-refractivity contribution in [2.45, 2.75) is 69.7 Å². The van der Waals surface area contributed by atoms with Crippen molar-refractivity contribution in [1.29, 1.82) is 0 Å². The van der Waals surface area contributed by atoms with Crippen LogP contribution in [-0.4, -0.2) is 6.08 Å². The summed E-state index contributed by atoms with van der Waals surface area (Å²) in [5, 5.41) is 0. The number of isocyanates is 1. The largest absolute Gasteiger partial charge is 0.235 e. The van der Waals surface area contributed by atoms with Crippen molar-refractivity contribution in [3.8, 4) is 0 Å². The van der Waals surface area contributed by atoms with Crippen LogP contribution in [0, 0.1) is 5.92 Å². The molecule has 0 aromatic heterocycles. The minimum atomic E-state index is -0.276. The van der Waals surface area contributed by atoms with Gasteiger partial charge in [0.25, 0.3) is 0 Å². The van der Waals surface area contributed by atoms with E-state index in [9.17, 15) is 4.79 Å². The quantitative estimate of drug-likeness (QED) is 0.561. The fraction of sp³-hybridized carbons (Fsp3) is 0.632. The van der Waals surface area contributed by atoms with Gasteiger partial charge in [-0.05, 0) is 48.6 Å². The minimum Gasteiger partial charge on any atom is -0.211 e. The van der Waals surface area contributed by atoms with Gasteiger partial charge in [-0.2, -0.15) is 4.99 Å². The Morgan fingerprint density at radius 3 is 2.43 bits per heavy atom. The summed E-state index contributed by atoms with van der Waals surface area (Å²) in [6, 6.07) is 8.73. The van der Waals surface area contributed by atoms with Gasteiger partial charge in [-0.1, -0.05) is 56.9 Å². The molecule has 0 radical (unpaired) electrons. The van der Waals surface area contributed by atoms with Crippen molar-refractivity contribution < 1.29 is 4.79 Å². The number of aliphatic imine (C=N–C) groups is 1. The molecule has 0 N–H and O–H groups in total. The van der Waals surface area contributed by atoms with Crippen molar-refractivity contribution in [2.75, 3.05) is 0 Å². The van der Waals surface area contributed by atoms with Gasteiger partial charge in [0.1, 0.15) is 0 Å². The molecule has 0 unspecified atom stereocenters. The molecule has 0 heterocycles. The van der Waals surface area contributed by atoms with Crippen LogP contribution < -0.4 is 0 Å². The smallest absolute Gasteiger partial charge is 0.211 e. The standard InChI is InChI=1S/C19H25NO/c1-15-8-10-16(11-9-15)17-6-2-3-7-18(17)19(20-14-21)12-4-5-13-19/h2-3,6-7,15-16H,4-5,8-13H2,1H3. The van der Waals surface area contributed by atoms with E-state index >= 15 is 0 Å². The van der Waals surface area contributed by atoms with Gasteiger partial charge in [0.2, 0.25) is 6.08 Å². The molecule has 3 rings (SSSR count). The van der Waals surface area contributed by atoms with E-state index in [0.717, 1.165) is 18.8 Å². The highest BCUT2D eigenvalue weighted by Crippen LogP contribution is 2.47.